The minimum absolute atomic E-state index is 0.0281. The summed E-state index contributed by atoms with van der Waals surface area (Å²) in [6.45, 7) is 7.09. The van der Waals surface area contributed by atoms with Gasteiger partial charge in [0.25, 0.3) is 0 Å². The summed E-state index contributed by atoms with van der Waals surface area (Å²) >= 11 is 0. The topological polar surface area (TPSA) is 55.4 Å². The van der Waals surface area contributed by atoms with Gasteiger partial charge in [-0.25, -0.2) is 0 Å². The fraction of sp³-hybridized carbons (Fsp3) is 0.312. The number of rotatable bonds is 5. The molecule has 0 saturated carbocycles. The van der Waals surface area contributed by atoms with Crippen LogP contribution >= 0.6 is 0 Å². The molecule has 5 rings (SSSR count). The number of ether oxygens (including phenoxy) is 1. The van der Waals surface area contributed by atoms with Gasteiger partial charge in [-0.05, 0) is 52.1 Å². The van der Waals surface area contributed by atoms with E-state index in [1.54, 1.807) is 0 Å². The van der Waals surface area contributed by atoms with E-state index in [9.17, 15) is 9.59 Å². The SMILES string of the molecule is CC(C)(C)c1ccc(C2CC(=O)C3=C(C2)NC(=O)CC3c2ccc(OCc3ccccc3)cc2)cc1. The summed E-state index contributed by atoms with van der Waals surface area (Å²) in [5.74, 6) is 0.743. The maximum absolute atomic E-state index is 13.4. The maximum atomic E-state index is 13.4. The van der Waals surface area contributed by atoms with Crippen LogP contribution in [-0.2, 0) is 21.6 Å². The zero-order chi connectivity index (χ0) is 25.3. The van der Waals surface area contributed by atoms with Gasteiger partial charge in [-0.1, -0.05) is 87.5 Å². The van der Waals surface area contributed by atoms with Crippen molar-refractivity contribution in [2.24, 2.45) is 0 Å². The molecule has 2 aliphatic rings. The number of amides is 1. The van der Waals surface area contributed by atoms with Gasteiger partial charge in [0.1, 0.15) is 12.4 Å². The fourth-order valence-corrected chi connectivity index (χ4v) is 5.27. The molecule has 0 saturated heterocycles. The van der Waals surface area contributed by atoms with Crippen LogP contribution in [0.15, 0.2) is 90.1 Å². The van der Waals surface area contributed by atoms with Crippen molar-refractivity contribution >= 4 is 11.7 Å². The monoisotopic (exact) mass is 479 g/mol. The van der Waals surface area contributed by atoms with Crippen molar-refractivity contribution < 1.29 is 14.3 Å². The smallest absolute Gasteiger partial charge is 0.225 e. The number of Topliss-reactive ketones (excluding diaryl/α,β-unsaturated/α-hetero) is 1. The van der Waals surface area contributed by atoms with Crippen LogP contribution < -0.4 is 10.1 Å². The van der Waals surface area contributed by atoms with Crippen molar-refractivity contribution in [3.63, 3.8) is 0 Å². The summed E-state index contributed by atoms with van der Waals surface area (Å²) in [6, 6.07) is 26.5. The molecular weight excluding hydrogens is 446 g/mol. The molecule has 2 atom stereocenters. The average molecular weight is 480 g/mol. The summed E-state index contributed by atoms with van der Waals surface area (Å²) in [5.41, 5.74) is 6.16. The van der Waals surface area contributed by atoms with E-state index in [0.29, 0.717) is 25.9 Å². The highest BCUT2D eigenvalue weighted by atomic mass is 16.5. The van der Waals surface area contributed by atoms with E-state index in [-0.39, 0.29) is 28.9 Å². The van der Waals surface area contributed by atoms with E-state index in [1.807, 2.05) is 54.6 Å². The molecule has 3 aromatic rings. The Labute approximate surface area is 213 Å². The Morgan fingerprint density at radius 1 is 0.806 bits per heavy atom. The van der Waals surface area contributed by atoms with E-state index < -0.39 is 0 Å². The largest absolute Gasteiger partial charge is 0.489 e. The van der Waals surface area contributed by atoms with E-state index in [4.69, 9.17) is 4.74 Å². The lowest BCUT2D eigenvalue weighted by atomic mass is 9.73. The fourth-order valence-electron chi connectivity index (χ4n) is 5.27. The van der Waals surface area contributed by atoms with Gasteiger partial charge in [-0.3, -0.25) is 9.59 Å². The molecule has 4 heteroatoms. The van der Waals surface area contributed by atoms with E-state index in [0.717, 1.165) is 33.7 Å². The molecule has 1 aliphatic carbocycles. The Bertz CT molecular complexity index is 1280. The molecule has 184 valence electrons. The highest BCUT2D eigenvalue weighted by Crippen LogP contribution is 2.43. The predicted molar refractivity (Wildman–Crippen MR) is 142 cm³/mol. The zero-order valence-corrected chi connectivity index (χ0v) is 21.2. The number of ketones is 1. The number of nitrogens with one attached hydrogen (secondary N) is 1. The van der Waals surface area contributed by atoms with Gasteiger partial charge in [0.05, 0.1) is 0 Å². The number of benzene rings is 3. The molecule has 0 bridgehead atoms. The molecule has 1 heterocycles. The second kappa shape index (κ2) is 9.77. The first-order chi connectivity index (χ1) is 17.3. The lowest BCUT2D eigenvalue weighted by Crippen LogP contribution is -2.38. The molecule has 0 aromatic heterocycles. The van der Waals surface area contributed by atoms with Gasteiger partial charge >= 0.3 is 0 Å². The average Bonchev–Trinajstić information content (AvgIpc) is 2.87. The van der Waals surface area contributed by atoms with Crippen LogP contribution in [-0.4, -0.2) is 11.7 Å². The molecule has 1 amide bonds. The molecule has 1 aliphatic heterocycles. The second-order valence-corrected chi connectivity index (χ2v) is 10.9. The Balaban J connectivity index is 1.34. The third-order valence-corrected chi connectivity index (χ3v) is 7.32. The van der Waals surface area contributed by atoms with Crippen LogP contribution in [0.5, 0.6) is 5.75 Å². The minimum atomic E-state index is -0.214. The lowest BCUT2D eigenvalue weighted by Gasteiger charge is -2.34. The first-order valence-electron chi connectivity index (χ1n) is 12.7. The number of carbonyl (C=O) groups excluding carboxylic acids is 2. The van der Waals surface area contributed by atoms with Crippen molar-refractivity contribution in [3.05, 3.63) is 112 Å². The molecule has 36 heavy (non-hydrogen) atoms. The third-order valence-electron chi connectivity index (χ3n) is 7.32. The Kier molecular flexibility index (Phi) is 6.53. The minimum Gasteiger partial charge on any atom is -0.489 e. The maximum Gasteiger partial charge on any atom is 0.225 e. The Hall–Kier alpha value is -3.66. The summed E-state index contributed by atoms with van der Waals surface area (Å²) in [5, 5.41) is 3.03. The Morgan fingerprint density at radius 3 is 2.14 bits per heavy atom. The van der Waals surface area contributed by atoms with Crippen molar-refractivity contribution in [1.29, 1.82) is 0 Å². The van der Waals surface area contributed by atoms with Gasteiger partial charge in [0.15, 0.2) is 5.78 Å². The predicted octanol–water partition coefficient (Wildman–Crippen LogP) is 6.57. The summed E-state index contributed by atoms with van der Waals surface area (Å²) < 4.78 is 5.92. The van der Waals surface area contributed by atoms with Crippen LogP contribution in [0.4, 0.5) is 0 Å². The first kappa shape index (κ1) is 24.1. The quantitative estimate of drug-likeness (QED) is 0.450. The number of allylic oxidation sites excluding steroid dienone is 2. The Morgan fingerprint density at radius 2 is 1.47 bits per heavy atom. The summed E-state index contributed by atoms with van der Waals surface area (Å²) in [4.78, 5) is 26.1. The highest BCUT2D eigenvalue weighted by Gasteiger charge is 2.38. The van der Waals surface area contributed by atoms with Crippen molar-refractivity contribution in [2.45, 2.75) is 63.9 Å². The van der Waals surface area contributed by atoms with Crippen LogP contribution in [0.2, 0.25) is 0 Å². The number of hydrogen-bond donors (Lipinski definition) is 1. The highest BCUT2D eigenvalue weighted by molar-refractivity contribution is 6.02. The number of carbonyl (C=O) groups is 2. The molecule has 2 unspecified atom stereocenters. The van der Waals surface area contributed by atoms with Crippen molar-refractivity contribution in [1.82, 2.24) is 5.32 Å². The molecule has 4 nitrogen and oxygen atoms in total. The van der Waals surface area contributed by atoms with Gasteiger partial charge < -0.3 is 10.1 Å². The van der Waals surface area contributed by atoms with Crippen LogP contribution in [0.1, 0.15) is 74.1 Å². The standard InChI is InChI=1S/C32H33NO3/c1-32(2,3)25-13-9-22(10-14-25)24-17-28-31(29(34)18-24)27(19-30(35)33-28)23-11-15-26(16-12-23)36-20-21-7-5-4-6-8-21/h4-16,24,27H,17-20H2,1-3H3,(H,33,35). The summed E-state index contributed by atoms with van der Waals surface area (Å²) in [6.07, 6.45) is 1.44. The lowest BCUT2D eigenvalue weighted by molar-refractivity contribution is -0.122. The molecule has 1 N–H and O–H groups in total. The van der Waals surface area contributed by atoms with Gasteiger partial charge in [-0.15, -0.1) is 0 Å². The van der Waals surface area contributed by atoms with Crippen LogP contribution in [0.3, 0.4) is 0 Å². The van der Waals surface area contributed by atoms with Crippen molar-refractivity contribution in [2.75, 3.05) is 0 Å². The van der Waals surface area contributed by atoms with Crippen LogP contribution in [0.25, 0.3) is 0 Å². The zero-order valence-electron chi connectivity index (χ0n) is 21.2. The second-order valence-electron chi connectivity index (χ2n) is 10.9. The molecule has 0 radical (unpaired) electrons. The molecule has 3 aromatic carbocycles. The van der Waals surface area contributed by atoms with E-state index in [1.165, 1.54) is 5.56 Å². The van der Waals surface area contributed by atoms with Gasteiger partial charge in [-0.2, -0.15) is 0 Å². The normalized spacial score (nSPS) is 20.1. The first-order valence-corrected chi connectivity index (χ1v) is 12.7. The van der Waals surface area contributed by atoms with Gasteiger partial charge in [0.2, 0.25) is 5.91 Å². The molecular formula is C32H33NO3. The number of hydrogen-bond acceptors (Lipinski definition) is 3. The van der Waals surface area contributed by atoms with Crippen molar-refractivity contribution in [3.8, 4) is 5.75 Å². The third kappa shape index (κ3) is 5.13. The molecule has 0 fully saturated rings. The van der Waals surface area contributed by atoms with Crippen LogP contribution in [0, 0.1) is 0 Å². The molecule has 0 spiro atoms. The summed E-state index contributed by atoms with van der Waals surface area (Å²) in [7, 11) is 0. The van der Waals surface area contributed by atoms with E-state index >= 15 is 0 Å². The van der Waals surface area contributed by atoms with E-state index in [2.05, 4.69) is 50.4 Å². The van der Waals surface area contributed by atoms with Gasteiger partial charge in [0, 0.05) is 30.0 Å².